The molecule has 4 nitrogen and oxygen atoms in total. The molecule has 0 saturated carbocycles. The first kappa shape index (κ1) is 14.9. The fourth-order valence-corrected chi connectivity index (χ4v) is 1.97. The first-order valence-corrected chi connectivity index (χ1v) is 7.12. The van der Waals surface area contributed by atoms with Crippen LogP contribution in [0.3, 0.4) is 0 Å². The number of halogens is 2. The van der Waals surface area contributed by atoms with E-state index in [2.05, 4.69) is 38.1 Å². The normalized spacial score (nSPS) is 10.6. The third-order valence-corrected chi connectivity index (χ3v) is 3.01. The van der Waals surface area contributed by atoms with E-state index in [1.807, 2.05) is 0 Å². The van der Waals surface area contributed by atoms with Crippen molar-refractivity contribution in [3.8, 4) is 11.6 Å². The molecule has 1 N–H and O–H groups in total. The molecule has 0 aliphatic heterocycles. The Bertz CT molecular complexity index is 580. The largest absolute Gasteiger partial charge is 0.435 e. The molecule has 0 aliphatic rings. The van der Waals surface area contributed by atoms with Crippen LogP contribution in [0.2, 0.25) is 0 Å². The van der Waals surface area contributed by atoms with E-state index in [1.165, 1.54) is 12.4 Å². The summed E-state index contributed by atoms with van der Waals surface area (Å²) in [6.45, 7) is 3.35. The lowest BCUT2D eigenvalue weighted by molar-refractivity contribution is 0.415. The van der Waals surface area contributed by atoms with Gasteiger partial charge in [-0.1, -0.05) is 6.92 Å². The highest BCUT2D eigenvalue weighted by Gasteiger charge is 2.11. The number of aromatic nitrogens is 2. The first-order valence-electron chi connectivity index (χ1n) is 6.33. The van der Waals surface area contributed by atoms with Gasteiger partial charge in [-0.25, -0.2) is 9.37 Å². The van der Waals surface area contributed by atoms with Crippen molar-refractivity contribution in [1.82, 2.24) is 15.3 Å². The van der Waals surface area contributed by atoms with Crippen molar-refractivity contribution in [2.75, 3.05) is 6.54 Å². The average molecular weight is 340 g/mol. The molecule has 0 saturated heterocycles. The van der Waals surface area contributed by atoms with Gasteiger partial charge in [0, 0.05) is 29.0 Å². The molecule has 0 spiro atoms. The van der Waals surface area contributed by atoms with Crippen LogP contribution in [0, 0.1) is 5.82 Å². The predicted octanol–water partition coefficient (Wildman–Crippen LogP) is 3.67. The quantitative estimate of drug-likeness (QED) is 0.815. The van der Waals surface area contributed by atoms with Gasteiger partial charge in [0.1, 0.15) is 5.75 Å². The highest BCUT2D eigenvalue weighted by molar-refractivity contribution is 9.10. The summed E-state index contributed by atoms with van der Waals surface area (Å²) in [4.78, 5) is 7.88. The Labute approximate surface area is 125 Å². The zero-order valence-corrected chi connectivity index (χ0v) is 12.7. The summed E-state index contributed by atoms with van der Waals surface area (Å²) in [7, 11) is 0. The molecular weight excluding hydrogens is 325 g/mol. The number of hydrogen-bond donors (Lipinski definition) is 1. The molecule has 2 aromatic rings. The summed E-state index contributed by atoms with van der Waals surface area (Å²) in [5.74, 6) is -0.0544. The third-order valence-electron chi connectivity index (χ3n) is 2.57. The van der Waals surface area contributed by atoms with Gasteiger partial charge in [0.25, 0.3) is 5.88 Å². The predicted molar refractivity (Wildman–Crippen MR) is 78.2 cm³/mol. The van der Waals surface area contributed by atoms with Crippen molar-refractivity contribution in [3.05, 3.63) is 46.6 Å². The van der Waals surface area contributed by atoms with Gasteiger partial charge in [0.15, 0.2) is 5.82 Å². The van der Waals surface area contributed by atoms with Crippen LogP contribution in [0.15, 0.2) is 35.2 Å². The van der Waals surface area contributed by atoms with Crippen LogP contribution in [-0.4, -0.2) is 16.5 Å². The fraction of sp³-hybridized carbons (Fsp3) is 0.286. The molecule has 2 heterocycles. The monoisotopic (exact) mass is 339 g/mol. The highest BCUT2D eigenvalue weighted by Crippen LogP contribution is 2.25. The number of pyridine rings is 2. The Hall–Kier alpha value is -1.53. The van der Waals surface area contributed by atoms with E-state index in [4.69, 9.17) is 4.74 Å². The number of rotatable bonds is 6. The topological polar surface area (TPSA) is 47.0 Å². The van der Waals surface area contributed by atoms with Gasteiger partial charge in [0.05, 0.1) is 6.20 Å². The van der Waals surface area contributed by atoms with E-state index in [1.54, 1.807) is 18.3 Å². The zero-order chi connectivity index (χ0) is 14.4. The Morgan fingerprint density at radius 2 is 2.25 bits per heavy atom. The summed E-state index contributed by atoms with van der Waals surface area (Å²) >= 11 is 3.28. The van der Waals surface area contributed by atoms with Gasteiger partial charge in [-0.3, -0.25) is 4.98 Å². The number of nitrogens with zero attached hydrogens (tertiary/aromatic N) is 2. The minimum Gasteiger partial charge on any atom is -0.435 e. The molecule has 0 fully saturated rings. The molecular formula is C14H15BrFN3O. The SMILES string of the molecule is CCCNCc1ccnc(Oc2cncc(Br)c2)c1F. The first-order chi connectivity index (χ1) is 9.70. The molecule has 2 rings (SSSR count). The standard InChI is InChI=1S/C14H15BrFN3O/c1-2-4-17-7-10-3-5-19-14(13(10)16)20-12-6-11(15)8-18-9-12/h3,5-6,8-9,17H,2,4,7H2,1H3. The van der Waals surface area contributed by atoms with Gasteiger partial charge in [-0.2, -0.15) is 0 Å². The molecule has 0 aliphatic carbocycles. The molecule has 0 radical (unpaired) electrons. The molecule has 0 amide bonds. The molecule has 0 bridgehead atoms. The number of hydrogen-bond acceptors (Lipinski definition) is 4. The van der Waals surface area contributed by atoms with Crippen LogP contribution in [0.25, 0.3) is 0 Å². The number of nitrogens with one attached hydrogen (secondary N) is 1. The van der Waals surface area contributed by atoms with Gasteiger partial charge in [-0.05, 0) is 41.0 Å². The summed E-state index contributed by atoms with van der Waals surface area (Å²) in [5, 5.41) is 3.15. The van der Waals surface area contributed by atoms with Gasteiger partial charge >= 0.3 is 0 Å². The Kier molecular flexibility index (Phi) is 5.43. The Morgan fingerprint density at radius 1 is 1.40 bits per heavy atom. The lowest BCUT2D eigenvalue weighted by Crippen LogP contribution is -2.15. The molecule has 0 atom stereocenters. The third kappa shape index (κ3) is 3.98. The van der Waals surface area contributed by atoms with Crippen molar-refractivity contribution in [2.45, 2.75) is 19.9 Å². The van der Waals surface area contributed by atoms with Crippen molar-refractivity contribution >= 4 is 15.9 Å². The Morgan fingerprint density at radius 3 is 3.00 bits per heavy atom. The number of ether oxygens (including phenoxy) is 1. The van der Waals surface area contributed by atoms with Crippen LogP contribution in [0.1, 0.15) is 18.9 Å². The van der Waals surface area contributed by atoms with Crippen LogP contribution >= 0.6 is 15.9 Å². The molecule has 0 unspecified atom stereocenters. The van der Waals surface area contributed by atoms with E-state index >= 15 is 0 Å². The minimum atomic E-state index is -0.448. The maximum absolute atomic E-state index is 14.2. The maximum Gasteiger partial charge on any atom is 0.256 e. The lowest BCUT2D eigenvalue weighted by Gasteiger charge is -2.09. The molecule has 20 heavy (non-hydrogen) atoms. The highest BCUT2D eigenvalue weighted by atomic mass is 79.9. The fourth-order valence-electron chi connectivity index (χ4n) is 1.63. The van der Waals surface area contributed by atoms with Gasteiger partial charge in [-0.15, -0.1) is 0 Å². The van der Waals surface area contributed by atoms with Crippen molar-refractivity contribution in [2.24, 2.45) is 0 Å². The van der Waals surface area contributed by atoms with Gasteiger partial charge in [0.2, 0.25) is 0 Å². The summed E-state index contributed by atoms with van der Waals surface area (Å²) < 4.78 is 20.4. The Balaban J connectivity index is 2.14. The average Bonchev–Trinajstić information content (AvgIpc) is 2.43. The van der Waals surface area contributed by atoms with E-state index in [0.717, 1.165) is 17.4 Å². The maximum atomic E-state index is 14.2. The van der Waals surface area contributed by atoms with Crippen LogP contribution in [-0.2, 0) is 6.54 Å². The second-order valence-corrected chi connectivity index (χ2v) is 5.12. The summed E-state index contributed by atoms with van der Waals surface area (Å²) in [6.07, 6.45) is 5.67. The molecule has 6 heteroatoms. The smallest absolute Gasteiger partial charge is 0.256 e. The minimum absolute atomic E-state index is 0.0410. The van der Waals surface area contributed by atoms with Crippen molar-refractivity contribution in [1.29, 1.82) is 0 Å². The van der Waals surface area contributed by atoms with E-state index in [0.29, 0.717) is 17.9 Å². The van der Waals surface area contributed by atoms with Crippen LogP contribution in [0.4, 0.5) is 4.39 Å². The van der Waals surface area contributed by atoms with E-state index in [9.17, 15) is 4.39 Å². The molecule has 0 aromatic carbocycles. The van der Waals surface area contributed by atoms with E-state index < -0.39 is 5.82 Å². The zero-order valence-electron chi connectivity index (χ0n) is 11.1. The van der Waals surface area contributed by atoms with Crippen molar-refractivity contribution in [3.63, 3.8) is 0 Å². The van der Waals surface area contributed by atoms with E-state index in [-0.39, 0.29) is 5.88 Å². The molecule has 2 aromatic heterocycles. The second kappa shape index (κ2) is 7.31. The molecule has 106 valence electrons. The van der Waals surface area contributed by atoms with Crippen LogP contribution in [0.5, 0.6) is 11.6 Å². The lowest BCUT2D eigenvalue weighted by atomic mass is 10.2. The van der Waals surface area contributed by atoms with Gasteiger partial charge < -0.3 is 10.1 Å². The summed E-state index contributed by atoms with van der Waals surface area (Å²) in [6, 6.07) is 3.35. The summed E-state index contributed by atoms with van der Waals surface area (Å²) in [5.41, 5.74) is 0.534. The van der Waals surface area contributed by atoms with Crippen molar-refractivity contribution < 1.29 is 9.13 Å². The second-order valence-electron chi connectivity index (χ2n) is 4.21. The van der Waals surface area contributed by atoms with Crippen LogP contribution < -0.4 is 10.1 Å².